The molecule has 0 saturated carbocycles. The van der Waals surface area contributed by atoms with Crippen LogP contribution in [0.2, 0.25) is 0 Å². The number of aryl methyl sites for hydroxylation is 1. The van der Waals surface area contributed by atoms with Crippen molar-refractivity contribution >= 4 is 8.58 Å². The van der Waals surface area contributed by atoms with Crippen LogP contribution >= 0.6 is 8.58 Å². The molecule has 0 aromatic carbocycles. The molecule has 0 aliphatic carbocycles. The molecule has 0 unspecified atom stereocenters. The molecular formula is C13H27N2P. The van der Waals surface area contributed by atoms with Crippen molar-refractivity contribution < 1.29 is 0 Å². The Morgan fingerprint density at radius 3 is 2.25 bits per heavy atom. The molecule has 94 valence electrons. The predicted octanol–water partition coefficient (Wildman–Crippen LogP) is 4.17. The average molecular weight is 242 g/mol. The van der Waals surface area contributed by atoms with Crippen molar-refractivity contribution in [3.05, 3.63) is 18.7 Å². The van der Waals surface area contributed by atoms with Gasteiger partial charge in [0.25, 0.3) is 0 Å². The van der Waals surface area contributed by atoms with Crippen molar-refractivity contribution in [2.75, 3.05) is 12.3 Å². The summed E-state index contributed by atoms with van der Waals surface area (Å²) < 4.78 is 2.13. The Labute approximate surface area is 103 Å². The van der Waals surface area contributed by atoms with E-state index in [1.54, 1.807) is 0 Å². The molecule has 3 heteroatoms. The first kappa shape index (κ1) is 15.6. The van der Waals surface area contributed by atoms with E-state index < -0.39 is 0 Å². The molecule has 0 amide bonds. The van der Waals surface area contributed by atoms with E-state index in [2.05, 4.69) is 30.3 Å². The maximum Gasteiger partial charge on any atom is 0.0945 e. The van der Waals surface area contributed by atoms with E-state index in [1.165, 1.54) is 46.6 Å². The number of aromatic nitrogens is 2. The molecule has 0 spiro atoms. The molecule has 1 rings (SSSR count). The summed E-state index contributed by atoms with van der Waals surface area (Å²) in [6.07, 6.45) is 13.8. The molecule has 1 aromatic rings. The highest BCUT2D eigenvalue weighted by Gasteiger charge is 1.89. The molecule has 0 radical (unpaired) electrons. The Balaban J connectivity index is 0.000000385. The van der Waals surface area contributed by atoms with Gasteiger partial charge in [0.1, 0.15) is 0 Å². The van der Waals surface area contributed by atoms with Crippen molar-refractivity contribution in [3.63, 3.8) is 0 Å². The third kappa shape index (κ3) is 10.2. The highest BCUT2D eigenvalue weighted by atomic mass is 31.1. The maximum absolute atomic E-state index is 3.98. The number of imidazole rings is 1. The highest BCUT2D eigenvalue weighted by molar-refractivity contribution is 7.37. The zero-order chi connectivity index (χ0) is 12.1. The summed E-state index contributed by atoms with van der Waals surface area (Å²) in [4.78, 5) is 3.98. The molecule has 1 aromatic heterocycles. The molecule has 1 heterocycles. The first-order chi connectivity index (χ1) is 7.85. The Hall–Kier alpha value is -0.360. The summed E-state index contributed by atoms with van der Waals surface area (Å²) >= 11 is 0. The molecule has 0 aliphatic rings. The molecule has 16 heavy (non-hydrogen) atoms. The molecule has 0 bridgehead atoms. The number of rotatable bonds is 7. The fourth-order valence-corrected chi connectivity index (χ4v) is 1.89. The lowest BCUT2D eigenvalue weighted by atomic mass is 10.2. The SMILES string of the molecule is CCCCCCn1ccnc1.CCPCC. The lowest BCUT2D eigenvalue weighted by Crippen LogP contribution is -1.93. The van der Waals surface area contributed by atoms with Crippen LogP contribution in [-0.2, 0) is 6.54 Å². The van der Waals surface area contributed by atoms with Crippen LogP contribution in [0.15, 0.2) is 18.7 Å². The normalized spacial score (nSPS) is 9.69. The van der Waals surface area contributed by atoms with Crippen LogP contribution in [0, 0.1) is 0 Å². The first-order valence-corrected chi connectivity index (χ1v) is 7.92. The molecule has 0 N–H and O–H groups in total. The average Bonchev–Trinajstić information content (AvgIpc) is 2.79. The second kappa shape index (κ2) is 12.7. The van der Waals surface area contributed by atoms with Gasteiger partial charge in [-0.2, -0.15) is 0 Å². The Morgan fingerprint density at radius 1 is 1.06 bits per heavy atom. The van der Waals surface area contributed by atoms with Gasteiger partial charge in [-0.05, 0) is 18.7 Å². The van der Waals surface area contributed by atoms with Gasteiger partial charge in [0.15, 0.2) is 0 Å². The minimum Gasteiger partial charge on any atom is -0.337 e. The number of hydrogen-bond donors (Lipinski definition) is 0. The second-order valence-corrected chi connectivity index (χ2v) is 5.73. The van der Waals surface area contributed by atoms with Crippen LogP contribution in [0.5, 0.6) is 0 Å². The minimum absolute atomic E-state index is 1.12. The van der Waals surface area contributed by atoms with Gasteiger partial charge < -0.3 is 4.57 Å². The lowest BCUT2D eigenvalue weighted by Gasteiger charge is -1.99. The lowest BCUT2D eigenvalue weighted by molar-refractivity contribution is 0.582. The van der Waals surface area contributed by atoms with Gasteiger partial charge in [0.05, 0.1) is 6.33 Å². The van der Waals surface area contributed by atoms with Gasteiger partial charge in [0.2, 0.25) is 0 Å². The largest absolute Gasteiger partial charge is 0.337 e. The molecule has 0 aliphatic heterocycles. The van der Waals surface area contributed by atoms with Crippen molar-refractivity contribution in [2.24, 2.45) is 0 Å². The van der Waals surface area contributed by atoms with Gasteiger partial charge in [-0.1, -0.05) is 40.0 Å². The van der Waals surface area contributed by atoms with Crippen LogP contribution in [0.3, 0.4) is 0 Å². The predicted molar refractivity (Wildman–Crippen MR) is 75.8 cm³/mol. The second-order valence-electron chi connectivity index (χ2n) is 3.82. The summed E-state index contributed by atoms with van der Waals surface area (Å²) in [6.45, 7) is 7.81. The van der Waals surface area contributed by atoms with Gasteiger partial charge in [0, 0.05) is 18.9 Å². The van der Waals surface area contributed by atoms with E-state index in [0.717, 1.165) is 6.54 Å². The Bertz CT molecular complexity index is 208. The quantitative estimate of drug-likeness (QED) is 0.518. The molecule has 0 saturated heterocycles. The summed E-state index contributed by atoms with van der Waals surface area (Å²) in [7, 11) is 1.20. The molecule has 0 fully saturated rings. The summed E-state index contributed by atoms with van der Waals surface area (Å²) in [5.74, 6) is 0. The van der Waals surface area contributed by atoms with Crippen molar-refractivity contribution in [1.29, 1.82) is 0 Å². The van der Waals surface area contributed by atoms with Gasteiger partial charge in [-0.25, -0.2) is 4.98 Å². The van der Waals surface area contributed by atoms with E-state index in [9.17, 15) is 0 Å². The third-order valence-electron chi connectivity index (χ3n) is 2.33. The molecule has 0 atom stereocenters. The first-order valence-electron chi connectivity index (χ1n) is 6.51. The van der Waals surface area contributed by atoms with Gasteiger partial charge in [-0.15, -0.1) is 8.58 Å². The zero-order valence-electron chi connectivity index (χ0n) is 11.1. The minimum atomic E-state index is 1.12. The topological polar surface area (TPSA) is 17.8 Å². The Kier molecular flexibility index (Phi) is 12.4. The van der Waals surface area contributed by atoms with Gasteiger partial charge in [-0.3, -0.25) is 0 Å². The number of hydrogen-bond acceptors (Lipinski definition) is 1. The third-order valence-corrected chi connectivity index (χ3v) is 3.33. The van der Waals surface area contributed by atoms with Crippen LogP contribution < -0.4 is 0 Å². The van der Waals surface area contributed by atoms with Crippen molar-refractivity contribution in [2.45, 2.75) is 53.0 Å². The zero-order valence-corrected chi connectivity index (χ0v) is 12.1. The van der Waals surface area contributed by atoms with Gasteiger partial charge >= 0.3 is 0 Å². The fraction of sp³-hybridized carbons (Fsp3) is 0.769. The fourth-order valence-electron chi connectivity index (χ4n) is 1.39. The summed E-state index contributed by atoms with van der Waals surface area (Å²) in [5, 5.41) is 0. The summed E-state index contributed by atoms with van der Waals surface area (Å²) in [5.41, 5.74) is 0. The maximum atomic E-state index is 3.98. The van der Waals surface area contributed by atoms with E-state index in [-0.39, 0.29) is 0 Å². The van der Waals surface area contributed by atoms with E-state index in [1.807, 2.05) is 18.7 Å². The van der Waals surface area contributed by atoms with Crippen LogP contribution in [0.4, 0.5) is 0 Å². The molecule has 2 nitrogen and oxygen atoms in total. The van der Waals surface area contributed by atoms with E-state index in [4.69, 9.17) is 0 Å². The Morgan fingerprint density at radius 2 is 1.81 bits per heavy atom. The van der Waals surface area contributed by atoms with Crippen molar-refractivity contribution in [3.8, 4) is 0 Å². The van der Waals surface area contributed by atoms with E-state index in [0.29, 0.717) is 0 Å². The molecular weight excluding hydrogens is 215 g/mol. The van der Waals surface area contributed by atoms with Crippen LogP contribution in [0.25, 0.3) is 0 Å². The number of unbranched alkanes of at least 4 members (excludes halogenated alkanes) is 3. The van der Waals surface area contributed by atoms with Crippen LogP contribution in [0.1, 0.15) is 46.5 Å². The number of nitrogens with zero attached hydrogens (tertiary/aromatic N) is 2. The summed E-state index contributed by atoms with van der Waals surface area (Å²) in [6, 6.07) is 0. The van der Waals surface area contributed by atoms with Crippen LogP contribution in [-0.4, -0.2) is 21.9 Å². The van der Waals surface area contributed by atoms with E-state index >= 15 is 0 Å². The smallest absolute Gasteiger partial charge is 0.0945 e. The monoisotopic (exact) mass is 242 g/mol. The standard InChI is InChI=1S/C9H16N2.C4H11P/c1-2-3-4-5-7-11-8-6-10-9-11;1-3-5-4-2/h6,8-9H,2-5,7H2,1H3;5H,3-4H2,1-2H3. The van der Waals surface area contributed by atoms with Crippen molar-refractivity contribution in [1.82, 2.24) is 9.55 Å². The highest BCUT2D eigenvalue weighted by Crippen LogP contribution is 2.04.